The predicted molar refractivity (Wildman–Crippen MR) is 130 cm³/mol. The highest BCUT2D eigenvalue weighted by molar-refractivity contribution is 5.93. The molecule has 0 spiro atoms. The zero-order valence-corrected chi connectivity index (χ0v) is 19.5. The molecule has 1 fully saturated rings. The molecule has 0 aliphatic carbocycles. The van der Waals surface area contributed by atoms with E-state index in [1.807, 2.05) is 18.2 Å². The summed E-state index contributed by atoms with van der Waals surface area (Å²) >= 11 is 0. The van der Waals surface area contributed by atoms with E-state index >= 15 is 0 Å². The largest absolute Gasteiger partial charge is 0.493 e. The van der Waals surface area contributed by atoms with Crippen LogP contribution in [0.25, 0.3) is 0 Å². The average molecular weight is 441 g/mol. The van der Waals surface area contributed by atoms with Crippen LogP contribution in [0.1, 0.15) is 24.8 Å². The van der Waals surface area contributed by atoms with Gasteiger partial charge in [0.2, 0.25) is 0 Å². The molecule has 32 heavy (non-hydrogen) atoms. The summed E-state index contributed by atoms with van der Waals surface area (Å²) in [5.41, 5.74) is 2.27. The molecule has 2 N–H and O–H groups in total. The molecule has 0 amide bonds. The third kappa shape index (κ3) is 7.43. The van der Waals surface area contributed by atoms with Gasteiger partial charge in [-0.1, -0.05) is 30.3 Å². The molecule has 0 unspecified atom stereocenters. The van der Waals surface area contributed by atoms with Gasteiger partial charge in [-0.25, -0.2) is 0 Å². The SMILES string of the molecule is CN=C(NCCCOC1CCN(Cc2ccccc2)CC1)Nc1ccc(OC)c(OC)c1. The molecule has 2 aromatic rings. The van der Waals surface area contributed by atoms with E-state index in [0.717, 1.165) is 57.7 Å². The molecule has 7 heteroatoms. The van der Waals surface area contributed by atoms with E-state index in [2.05, 4.69) is 50.9 Å². The Morgan fingerprint density at radius 3 is 2.47 bits per heavy atom. The first kappa shape index (κ1) is 23.9. The molecule has 1 heterocycles. The second-order valence-electron chi connectivity index (χ2n) is 7.88. The average Bonchev–Trinajstić information content (AvgIpc) is 2.84. The van der Waals surface area contributed by atoms with Crippen LogP contribution < -0.4 is 20.1 Å². The van der Waals surface area contributed by atoms with Gasteiger partial charge in [0.1, 0.15) is 0 Å². The van der Waals surface area contributed by atoms with E-state index in [1.54, 1.807) is 21.3 Å². The Kier molecular flexibility index (Phi) is 9.65. The third-order valence-corrected chi connectivity index (χ3v) is 5.62. The van der Waals surface area contributed by atoms with Gasteiger partial charge in [-0.2, -0.15) is 0 Å². The third-order valence-electron chi connectivity index (χ3n) is 5.62. The maximum atomic E-state index is 6.11. The van der Waals surface area contributed by atoms with Crippen molar-refractivity contribution < 1.29 is 14.2 Å². The van der Waals surface area contributed by atoms with Crippen molar-refractivity contribution >= 4 is 11.6 Å². The lowest BCUT2D eigenvalue weighted by atomic mass is 10.1. The second-order valence-corrected chi connectivity index (χ2v) is 7.88. The number of ether oxygens (including phenoxy) is 3. The van der Waals surface area contributed by atoms with Crippen LogP contribution in [0.3, 0.4) is 0 Å². The van der Waals surface area contributed by atoms with Crippen molar-refractivity contribution in [2.45, 2.75) is 31.9 Å². The van der Waals surface area contributed by atoms with Crippen LogP contribution >= 0.6 is 0 Å². The van der Waals surface area contributed by atoms with Gasteiger partial charge in [-0.3, -0.25) is 9.89 Å². The molecule has 1 saturated heterocycles. The number of rotatable bonds is 10. The highest BCUT2D eigenvalue weighted by Gasteiger charge is 2.19. The van der Waals surface area contributed by atoms with Crippen molar-refractivity contribution in [3.63, 3.8) is 0 Å². The van der Waals surface area contributed by atoms with Crippen molar-refractivity contribution in [2.75, 3.05) is 52.8 Å². The minimum Gasteiger partial charge on any atom is -0.493 e. The smallest absolute Gasteiger partial charge is 0.195 e. The Labute approximate surface area is 191 Å². The molecule has 0 radical (unpaired) electrons. The van der Waals surface area contributed by atoms with Gasteiger partial charge in [-0.05, 0) is 37.0 Å². The predicted octanol–water partition coefficient (Wildman–Crippen LogP) is 3.76. The van der Waals surface area contributed by atoms with E-state index in [0.29, 0.717) is 23.6 Å². The molecule has 0 atom stereocenters. The monoisotopic (exact) mass is 440 g/mol. The van der Waals surface area contributed by atoms with Crippen LogP contribution in [-0.2, 0) is 11.3 Å². The van der Waals surface area contributed by atoms with Crippen LogP contribution in [0.4, 0.5) is 5.69 Å². The molecule has 7 nitrogen and oxygen atoms in total. The first-order chi connectivity index (χ1) is 15.7. The molecule has 0 bridgehead atoms. The van der Waals surface area contributed by atoms with Gasteiger partial charge in [0.15, 0.2) is 17.5 Å². The Balaban J connectivity index is 1.30. The number of anilines is 1. The van der Waals surface area contributed by atoms with Gasteiger partial charge >= 0.3 is 0 Å². The lowest BCUT2D eigenvalue weighted by Crippen LogP contribution is -2.37. The highest BCUT2D eigenvalue weighted by Crippen LogP contribution is 2.29. The van der Waals surface area contributed by atoms with Gasteiger partial charge in [0.25, 0.3) is 0 Å². The van der Waals surface area contributed by atoms with Crippen molar-refractivity contribution in [3.8, 4) is 11.5 Å². The first-order valence-corrected chi connectivity index (χ1v) is 11.3. The lowest BCUT2D eigenvalue weighted by Gasteiger charge is -2.32. The fraction of sp³-hybridized carbons (Fsp3) is 0.480. The Bertz CT molecular complexity index is 836. The molecule has 1 aliphatic rings. The zero-order chi connectivity index (χ0) is 22.6. The minimum atomic E-state index is 0.367. The molecule has 174 valence electrons. The van der Waals surface area contributed by atoms with Crippen LogP contribution in [0.15, 0.2) is 53.5 Å². The first-order valence-electron chi connectivity index (χ1n) is 11.3. The van der Waals surface area contributed by atoms with Crippen LogP contribution in [0.2, 0.25) is 0 Å². The number of hydrogen-bond donors (Lipinski definition) is 2. The summed E-state index contributed by atoms with van der Waals surface area (Å²) in [6.45, 7) is 4.77. The van der Waals surface area contributed by atoms with E-state index in [9.17, 15) is 0 Å². The number of nitrogens with one attached hydrogen (secondary N) is 2. The molecule has 3 rings (SSSR count). The summed E-state index contributed by atoms with van der Waals surface area (Å²) in [6, 6.07) is 16.4. The topological polar surface area (TPSA) is 67.4 Å². The van der Waals surface area contributed by atoms with Gasteiger partial charge in [-0.15, -0.1) is 0 Å². The maximum absolute atomic E-state index is 6.11. The van der Waals surface area contributed by atoms with E-state index in [-0.39, 0.29) is 0 Å². The van der Waals surface area contributed by atoms with Crippen LogP contribution in [-0.4, -0.2) is 64.5 Å². The molecule has 0 aromatic heterocycles. The summed E-state index contributed by atoms with van der Waals surface area (Å²) in [5.74, 6) is 2.09. The summed E-state index contributed by atoms with van der Waals surface area (Å²) in [4.78, 5) is 6.80. The standard InChI is InChI=1S/C25H36N4O3/c1-26-25(28-21-10-11-23(30-2)24(18-21)31-3)27-14-7-17-32-22-12-15-29(16-13-22)19-20-8-5-4-6-9-20/h4-6,8-11,18,22H,7,12-17,19H2,1-3H3,(H2,26,27,28). The summed E-state index contributed by atoms with van der Waals surface area (Å²) in [7, 11) is 5.01. The molecular weight excluding hydrogens is 404 g/mol. The molecular formula is C25H36N4O3. The van der Waals surface area contributed by atoms with E-state index < -0.39 is 0 Å². The zero-order valence-electron chi connectivity index (χ0n) is 19.5. The highest BCUT2D eigenvalue weighted by atomic mass is 16.5. The normalized spacial score (nSPS) is 15.4. The molecule has 1 aliphatic heterocycles. The number of likely N-dealkylation sites (tertiary alicyclic amines) is 1. The number of aliphatic imine (C=N–C) groups is 1. The van der Waals surface area contributed by atoms with E-state index in [1.165, 1.54) is 5.56 Å². The number of nitrogens with zero attached hydrogens (tertiary/aromatic N) is 2. The number of piperidine rings is 1. The van der Waals surface area contributed by atoms with E-state index in [4.69, 9.17) is 14.2 Å². The summed E-state index contributed by atoms with van der Waals surface area (Å²) in [6.07, 6.45) is 3.49. The number of hydrogen-bond acceptors (Lipinski definition) is 5. The fourth-order valence-electron chi connectivity index (χ4n) is 3.83. The van der Waals surface area contributed by atoms with Crippen molar-refractivity contribution in [3.05, 3.63) is 54.1 Å². The maximum Gasteiger partial charge on any atom is 0.195 e. The Morgan fingerprint density at radius 2 is 1.78 bits per heavy atom. The van der Waals surface area contributed by atoms with Crippen molar-refractivity contribution in [1.82, 2.24) is 10.2 Å². The number of guanidine groups is 1. The Morgan fingerprint density at radius 1 is 1.03 bits per heavy atom. The van der Waals surface area contributed by atoms with Crippen LogP contribution in [0.5, 0.6) is 11.5 Å². The van der Waals surface area contributed by atoms with Gasteiger partial charge < -0.3 is 24.8 Å². The Hall–Kier alpha value is -2.77. The summed E-state index contributed by atoms with van der Waals surface area (Å²) in [5, 5.41) is 6.61. The van der Waals surface area contributed by atoms with Crippen molar-refractivity contribution in [1.29, 1.82) is 0 Å². The van der Waals surface area contributed by atoms with Gasteiger partial charge in [0.05, 0.1) is 20.3 Å². The quantitative estimate of drug-likeness (QED) is 0.333. The lowest BCUT2D eigenvalue weighted by molar-refractivity contribution is 0.00535. The molecule has 0 saturated carbocycles. The fourth-order valence-corrected chi connectivity index (χ4v) is 3.83. The van der Waals surface area contributed by atoms with Gasteiger partial charge in [0, 0.05) is 51.6 Å². The number of methoxy groups -OCH3 is 2. The summed E-state index contributed by atoms with van der Waals surface area (Å²) < 4.78 is 16.7. The number of benzene rings is 2. The molecule has 2 aromatic carbocycles. The van der Waals surface area contributed by atoms with Crippen LogP contribution in [0, 0.1) is 0 Å². The van der Waals surface area contributed by atoms with Crippen molar-refractivity contribution in [2.24, 2.45) is 4.99 Å². The second kappa shape index (κ2) is 12.9. The minimum absolute atomic E-state index is 0.367.